The van der Waals surface area contributed by atoms with E-state index in [1.807, 2.05) is 37.3 Å². The summed E-state index contributed by atoms with van der Waals surface area (Å²) < 4.78 is 10.0. The van der Waals surface area contributed by atoms with Crippen molar-refractivity contribution in [3.05, 3.63) is 88.8 Å². The minimum Gasteiger partial charge on any atom is -0.465 e. The molecule has 1 aliphatic heterocycles. The lowest BCUT2D eigenvalue weighted by Crippen LogP contribution is -2.48. The SMILES string of the molecule is COC(=O)c1ccccc1[C@@H]1NC(=S)N(c2ccccc2)C(C)=C1C(=O)Nc1cc(C)on1. The fraction of sp³-hybridized carbons (Fsp3) is 0.167. The Labute approximate surface area is 196 Å². The fourth-order valence-electron chi connectivity index (χ4n) is 3.81. The number of allylic oxidation sites excluding steroid dienone is 1. The molecule has 4 rings (SSSR count). The number of carbonyl (C=O) groups excluding carboxylic acids is 2. The number of ether oxygens (including phenoxy) is 1. The number of para-hydroxylation sites is 1. The van der Waals surface area contributed by atoms with E-state index in [2.05, 4.69) is 15.8 Å². The molecule has 0 saturated heterocycles. The van der Waals surface area contributed by atoms with E-state index in [9.17, 15) is 9.59 Å². The molecule has 0 unspecified atom stereocenters. The smallest absolute Gasteiger partial charge is 0.338 e. The van der Waals surface area contributed by atoms with Gasteiger partial charge < -0.3 is 19.9 Å². The standard InChI is InChI=1S/C24H22N4O4S/c1-14-13-19(27-32-14)25-22(29)20-15(2)28(16-9-5-4-6-10-16)24(33)26-21(20)17-11-7-8-12-18(17)23(30)31-3/h4-13,21H,1-3H3,(H,26,33)(H,25,27,29)/t21-/m0/s1. The molecule has 1 aromatic heterocycles. The molecule has 2 heterocycles. The lowest BCUT2D eigenvalue weighted by atomic mass is 9.90. The third-order valence-corrected chi connectivity index (χ3v) is 5.59. The number of carbonyl (C=O) groups is 2. The molecule has 8 nitrogen and oxygen atoms in total. The van der Waals surface area contributed by atoms with E-state index in [1.54, 1.807) is 42.2 Å². The Morgan fingerprint density at radius 1 is 1.12 bits per heavy atom. The average Bonchev–Trinajstić information content (AvgIpc) is 3.23. The first-order chi connectivity index (χ1) is 15.9. The zero-order chi connectivity index (χ0) is 23.5. The maximum absolute atomic E-state index is 13.5. The Kier molecular flexibility index (Phi) is 6.23. The molecular formula is C24H22N4O4S. The van der Waals surface area contributed by atoms with Crippen molar-refractivity contribution in [2.75, 3.05) is 17.3 Å². The van der Waals surface area contributed by atoms with Crippen molar-refractivity contribution in [3.8, 4) is 0 Å². The second kappa shape index (κ2) is 9.25. The Balaban J connectivity index is 1.85. The van der Waals surface area contributed by atoms with Crippen molar-refractivity contribution in [2.24, 2.45) is 0 Å². The summed E-state index contributed by atoms with van der Waals surface area (Å²) in [6, 6.07) is 17.4. The van der Waals surface area contributed by atoms with Crippen LogP contribution in [0.5, 0.6) is 0 Å². The van der Waals surface area contributed by atoms with Gasteiger partial charge in [-0.3, -0.25) is 9.69 Å². The van der Waals surface area contributed by atoms with Crippen molar-refractivity contribution < 1.29 is 18.8 Å². The predicted molar refractivity (Wildman–Crippen MR) is 128 cm³/mol. The van der Waals surface area contributed by atoms with Crippen LogP contribution >= 0.6 is 12.2 Å². The molecule has 0 radical (unpaired) electrons. The zero-order valence-electron chi connectivity index (χ0n) is 18.3. The molecule has 0 spiro atoms. The van der Waals surface area contributed by atoms with Gasteiger partial charge in [0.1, 0.15) is 5.76 Å². The van der Waals surface area contributed by atoms with Gasteiger partial charge in [0.2, 0.25) is 0 Å². The number of nitrogens with zero attached hydrogens (tertiary/aromatic N) is 2. The summed E-state index contributed by atoms with van der Waals surface area (Å²) in [6.07, 6.45) is 0. The van der Waals surface area contributed by atoms with Crippen LogP contribution in [0.25, 0.3) is 0 Å². The lowest BCUT2D eigenvalue weighted by Gasteiger charge is -2.38. The highest BCUT2D eigenvalue weighted by molar-refractivity contribution is 7.80. The van der Waals surface area contributed by atoms with Crippen molar-refractivity contribution >= 4 is 40.7 Å². The van der Waals surface area contributed by atoms with Gasteiger partial charge in [-0.25, -0.2) is 4.79 Å². The van der Waals surface area contributed by atoms with Gasteiger partial charge in [-0.05, 0) is 49.8 Å². The van der Waals surface area contributed by atoms with E-state index in [1.165, 1.54) is 7.11 Å². The third kappa shape index (κ3) is 4.35. The van der Waals surface area contributed by atoms with Crippen LogP contribution in [0, 0.1) is 6.92 Å². The number of hydrogen-bond donors (Lipinski definition) is 2. The largest absolute Gasteiger partial charge is 0.465 e. The van der Waals surface area contributed by atoms with Gasteiger partial charge in [-0.2, -0.15) is 0 Å². The molecule has 0 saturated carbocycles. The third-order valence-electron chi connectivity index (χ3n) is 5.29. The number of thiocarbonyl (C=S) groups is 1. The Bertz CT molecular complexity index is 1250. The number of esters is 1. The number of amides is 1. The summed E-state index contributed by atoms with van der Waals surface area (Å²) in [5.41, 5.74) is 2.70. The fourth-order valence-corrected chi connectivity index (χ4v) is 4.17. The van der Waals surface area contributed by atoms with Crippen molar-refractivity contribution in [2.45, 2.75) is 19.9 Å². The minimum absolute atomic E-state index is 0.289. The quantitative estimate of drug-likeness (QED) is 0.432. The van der Waals surface area contributed by atoms with Gasteiger partial charge in [0.15, 0.2) is 10.9 Å². The number of methoxy groups -OCH3 is 1. The van der Waals surface area contributed by atoms with Crippen LogP contribution in [0.15, 0.2) is 76.5 Å². The van der Waals surface area contributed by atoms with Crippen LogP contribution < -0.4 is 15.5 Å². The Hall–Kier alpha value is -3.98. The molecule has 33 heavy (non-hydrogen) atoms. The first-order valence-corrected chi connectivity index (χ1v) is 10.6. The minimum atomic E-state index is -0.694. The summed E-state index contributed by atoms with van der Waals surface area (Å²) in [7, 11) is 1.32. The molecule has 2 aromatic carbocycles. The molecule has 1 atom stereocenters. The molecule has 168 valence electrons. The maximum Gasteiger partial charge on any atom is 0.338 e. The molecule has 0 bridgehead atoms. The van der Waals surface area contributed by atoms with Crippen LogP contribution in [-0.4, -0.2) is 29.3 Å². The maximum atomic E-state index is 13.5. The second-order valence-corrected chi connectivity index (χ2v) is 7.80. The number of benzene rings is 2. The monoisotopic (exact) mass is 462 g/mol. The van der Waals surface area contributed by atoms with E-state index in [4.69, 9.17) is 21.5 Å². The molecule has 3 aromatic rings. The van der Waals surface area contributed by atoms with Gasteiger partial charge in [0.05, 0.1) is 24.3 Å². The van der Waals surface area contributed by atoms with Gasteiger partial charge in [-0.15, -0.1) is 0 Å². The van der Waals surface area contributed by atoms with Crippen LogP contribution in [0.1, 0.15) is 34.6 Å². The number of rotatable bonds is 5. The van der Waals surface area contributed by atoms with E-state index in [0.29, 0.717) is 33.3 Å². The summed E-state index contributed by atoms with van der Waals surface area (Å²) in [4.78, 5) is 27.8. The highest BCUT2D eigenvalue weighted by Crippen LogP contribution is 2.35. The highest BCUT2D eigenvalue weighted by atomic mass is 32.1. The zero-order valence-corrected chi connectivity index (χ0v) is 19.1. The number of aromatic nitrogens is 1. The molecule has 1 amide bonds. The van der Waals surface area contributed by atoms with Gasteiger partial charge in [0, 0.05) is 17.5 Å². The first kappa shape index (κ1) is 22.2. The molecule has 1 aliphatic rings. The number of nitrogens with one attached hydrogen (secondary N) is 2. The number of hydrogen-bond acceptors (Lipinski definition) is 6. The topological polar surface area (TPSA) is 96.7 Å². The predicted octanol–water partition coefficient (Wildman–Crippen LogP) is 4.12. The molecule has 9 heteroatoms. The molecule has 0 aliphatic carbocycles. The van der Waals surface area contributed by atoms with Crippen LogP contribution in [0.2, 0.25) is 0 Å². The summed E-state index contributed by atoms with van der Waals surface area (Å²) in [5.74, 6) is -0.0515. The number of anilines is 2. The number of aryl methyl sites for hydroxylation is 1. The Morgan fingerprint density at radius 2 is 1.82 bits per heavy atom. The van der Waals surface area contributed by atoms with Gasteiger partial charge in [-0.1, -0.05) is 41.6 Å². The van der Waals surface area contributed by atoms with Crippen LogP contribution in [-0.2, 0) is 9.53 Å². The summed E-state index contributed by atoms with van der Waals surface area (Å²) in [5, 5.41) is 10.3. The second-order valence-electron chi connectivity index (χ2n) is 7.41. The molecule has 2 N–H and O–H groups in total. The van der Waals surface area contributed by atoms with E-state index >= 15 is 0 Å². The normalized spacial score (nSPS) is 15.8. The highest BCUT2D eigenvalue weighted by Gasteiger charge is 2.36. The average molecular weight is 463 g/mol. The van der Waals surface area contributed by atoms with Crippen LogP contribution in [0.4, 0.5) is 11.5 Å². The molecular weight excluding hydrogens is 440 g/mol. The van der Waals surface area contributed by atoms with E-state index in [0.717, 1.165) is 5.69 Å². The first-order valence-electron chi connectivity index (χ1n) is 10.2. The summed E-state index contributed by atoms with van der Waals surface area (Å²) >= 11 is 5.68. The van der Waals surface area contributed by atoms with E-state index < -0.39 is 17.9 Å². The van der Waals surface area contributed by atoms with Crippen LogP contribution in [0.3, 0.4) is 0 Å². The van der Waals surface area contributed by atoms with Gasteiger partial charge >= 0.3 is 5.97 Å². The van der Waals surface area contributed by atoms with Crippen molar-refractivity contribution in [1.82, 2.24) is 10.5 Å². The van der Waals surface area contributed by atoms with E-state index in [-0.39, 0.29) is 5.82 Å². The van der Waals surface area contributed by atoms with Crippen molar-refractivity contribution in [1.29, 1.82) is 0 Å². The lowest BCUT2D eigenvalue weighted by molar-refractivity contribution is -0.113. The van der Waals surface area contributed by atoms with Crippen molar-refractivity contribution in [3.63, 3.8) is 0 Å². The van der Waals surface area contributed by atoms with Gasteiger partial charge in [0.25, 0.3) is 5.91 Å². The molecule has 0 fully saturated rings. The Morgan fingerprint density at radius 3 is 2.48 bits per heavy atom. The summed E-state index contributed by atoms with van der Waals surface area (Å²) in [6.45, 7) is 3.55.